The van der Waals surface area contributed by atoms with Gasteiger partial charge in [0.15, 0.2) is 23.9 Å². The first-order chi connectivity index (χ1) is 14.0. The van der Waals surface area contributed by atoms with Crippen LogP contribution < -0.4 is 20.1 Å². The summed E-state index contributed by atoms with van der Waals surface area (Å²) in [5, 5.41) is 5.09. The molecule has 29 heavy (non-hydrogen) atoms. The summed E-state index contributed by atoms with van der Waals surface area (Å²) in [7, 11) is 4.32. The van der Waals surface area contributed by atoms with Crippen molar-refractivity contribution in [2.24, 2.45) is 0 Å². The third-order valence-corrected chi connectivity index (χ3v) is 3.70. The van der Waals surface area contributed by atoms with Crippen molar-refractivity contribution < 1.29 is 37.7 Å². The SMILES string of the molecule is COCCNC(=O)COC(=O)c1cc(OC)c(OC)cc1NC(=O)c1ccco1. The van der Waals surface area contributed by atoms with Crippen LogP contribution in [0.2, 0.25) is 0 Å². The molecule has 2 amide bonds. The molecule has 1 aromatic carbocycles. The lowest BCUT2D eigenvalue weighted by atomic mass is 10.1. The Kier molecular flexibility index (Phi) is 8.04. The molecule has 10 nitrogen and oxygen atoms in total. The zero-order valence-corrected chi connectivity index (χ0v) is 16.3. The maximum Gasteiger partial charge on any atom is 0.340 e. The van der Waals surface area contributed by atoms with E-state index in [1.165, 1.54) is 45.8 Å². The van der Waals surface area contributed by atoms with Crippen molar-refractivity contribution >= 4 is 23.5 Å². The Morgan fingerprint density at radius 1 is 1.07 bits per heavy atom. The number of anilines is 1. The van der Waals surface area contributed by atoms with Gasteiger partial charge >= 0.3 is 5.97 Å². The van der Waals surface area contributed by atoms with E-state index < -0.39 is 24.4 Å². The van der Waals surface area contributed by atoms with E-state index in [1.54, 1.807) is 6.07 Å². The van der Waals surface area contributed by atoms with Crippen LogP contribution in [0.25, 0.3) is 0 Å². The van der Waals surface area contributed by atoms with E-state index >= 15 is 0 Å². The van der Waals surface area contributed by atoms with Crippen molar-refractivity contribution in [2.45, 2.75) is 0 Å². The molecule has 1 aromatic heterocycles. The highest BCUT2D eigenvalue weighted by molar-refractivity contribution is 6.07. The third kappa shape index (κ3) is 5.98. The molecule has 0 saturated heterocycles. The molecular formula is C19H22N2O8. The molecule has 2 aromatic rings. The number of ether oxygens (including phenoxy) is 4. The monoisotopic (exact) mass is 406 g/mol. The first-order valence-corrected chi connectivity index (χ1v) is 8.53. The van der Waals surface area contributed by atoms with Crippen LogP contribution in [0.5, 0.6) is 11.5 Å². The van der Waals surface area contributed by atoms with Crippen LogP contribution in [0.4, 0.5) is 5.69 Å². The topological polar surface area (TPSA) is 125 Å². The van der Waals surface area contributed by atoms with Gasteiger partial charge in [0, 0.05) is 25.8 Å². The summed E-state index contributed by atoms with van der Waals surface area (Å²) in [5.41, 5.74) is 0.0843. The van der Waals surface area contributed by atoms with Crippen LogP contribution in [0.15, 0.2) is 34.9 Å². The average molecular weight is 406 g/mol. The average Bonchev–Trinajstić information content (AvgIpc) is 3.27. The van der Waals surface area contributed by atoms with Crippen molar-refractivity contribution in [2.75, 3.05) is 46.4 Å². The maximum atomic E-state index is 12.5. The Hall–Kier alpha value is -3.53. The highest BCUT2D eigenvalue weighted by atomic mass is 16.5. The molecule has 0 aliphatic carbocycles. The van der Waals surface area contributed by atoms with Gasteiger partial charge in [-0.05, 0) is 12.1 Å². The molecule has 2 rings (SSSR count). The Morgan fingerprint density at radius 2 is 1.79 bits per heavy atom. The molecule has 0 saturated carbocycles. The van der Waals surface area contributed by atoms with Gasteiger partial charge in [-0.15, -0.1) is 0 Å². The van der Waals surface area contributed by atoms with Gasteiger partial charge < -0.3 is 34.0 Å². The van der Waals surface area contributed by atoms with Gasteiger partial charge in [-0.25, -0.2) is 4.79 Å². The lowest BCUT2D eigenvalue weighted by molar-refractivity contribution is -0.124. The summed E-state index contributed by atoms with van der Waals surface area (Å²) in [6.45, 7) is 0.120. The van der Waals surface area contributed by atoms with Gasteiger partial charge in [-0.1, -0.05) is 0 Å². The number of benzene rings is 1. The molecule has 0 fully saturated rings. The van der Waals surface area contributed by atoms with Gasteiger partial charge in [0.05, 0.1) is 38.3 Å². The number of amides is 2. The summed E-state index contributed by atoms with van der Waals surface area (Å²) in [5.74, 6) is -1.30. The second-order valence-corrected chi connectivity index (χ2v) is 5.60. The zero-order valence-electron chi connectivity index (χ0n) is 16.3. The lowest BCUT2D eigenvalue weighted by Gasteiger charge is -2.15. The van der Waals surface area contributed by atoms with Crippen LogP contribution in [-0.4, -0.2) is 58.9 Å². The van der Waals surface area contributed by atoms with Gasteiger partial charge in [-0.3, -0.25) is 9.59 Å². The van der Waals surface area contributed by atoms with Crippen LogP contribution in [-0.2, 0) is 14.3 Å². The van der Waals surface area contributed by atoms with Crippen LogP contribution in [0, 0.1) is 0 Å². The fourth-order valence-electron chi connectivity index (χ4n) is 2.30. The molecular weight excluding hydrogens is 384 g/mol. The van der Waals surface area contributed by atoms with E-state index in [2.05, 4.69) is 10.6 Å². The van der Waals surface area contributed by atoms with E-state index in [0.717, 1.165) is 0 Å². The highest BCUT2D eigenvalue weighted by Crippen LogP contribution is 2.34. The lowest BCUT2D eigenvalue weighted by Crippen LogP contribution is -2.31. The predicted octanol–water partition coefficient (Wildman–Crippen LogP) is 1.47. The zero-order chi connectivity index (χ0) is 21.2. The van der Waals surface area contributed by atoms with Gasteiger partial charge in [-0.2, -0.15) is 0 Å². The summed E-state index contributed by atoms with van der Waals surface area (Å²) in [6, 6.07) is 5.79. The number of nitrogens with one attached hydrogen (secondary N) is 2. The van der Waals surface area contributed by atoms with Crippen molar-refractivity contribution in [3.63, 3.8) is 0 Å². The number of methoxy groups -OCH3 is 3. The smallest absolute Gasteiger partial charge is 0.340 e. The molecule has 0 bridgehead atoms. The van der Waals surface area contributed by atoms with Gasteiger partial charge in [0.25, 0.3) is 11.8 Å². The second-order valence-electron chi connectivity index (χ2n) is 5.60. The number of hydrogen-bond donors (Lipinski definition) is 2. The standard InChI is InChI=1S/C19H22N2O8/c1-25-8-6-20-17(22)11-29-19(24)12-9-15(26-2)16(27-3)10-13(12)21-18(23)14-5-4-7-28-14/h4-5,7,9-10H,6,8,11H2,1-3H3,(H,20,22)(H,21,23). The summed E-state index contributed by atoms with van der Waals surface area (Å²) in [4.78, 5) is 36.6. The van der Waals surface area contributed by atoms with Crippen molar-refractivity contribution in [1.29, 1.82) is 0 Å². The molecule has 0 unspecified atom stereocenters. The minimum Gasteiger partial charge on any atom is -0.493 e. The third-order valence-electron chi connectivity index (χ3n) is 3.70. The van der Waals surface area contributed by atoms with Crippen LogP contribution in [0.1, 0.15) is 20.9 Å². The highest BCUT2D eigenvalue weighted by Gasteiger charge is 2.21. The maximum absolute atomic E-state index is 12.5. The number of furan rings is 1. The number of carbonyl (C=O) groups excluding carboxylic acids is 3. The fraction of sp³-hybridized carbons (Fsp3) is 0.316. The van der Waals surface area contributed by atoms with E-state index in [4.69, 9.17) is 23.4 Å². The Bertz CT molecular complexity index is 848. The molecule has 1 heterocycles. The fourth-order valence-corrected chi connectivity index (χ4v) is 2.30. The minimum absolute atomic E-state index is 0.0211. The molecule has 2 N–H and O–H groups in total. The molecule has 0 aliphatic rings. The van der Waals surface area contributed by atoms with E-state index in [1.807, 2.05) is 0 Å². The van der Waals surface area contributed by atoms with Crippen LogP contribution >= 0.6 is 0 Å². The largest absolute Gasteiger partial charge is 0.493 e. The van der Waals surface area contributed by atoms with Gasteiger partial charge in [0.1, 0.15) is 0 Å². The van der Waals surface area contributed by atoms with Crippen molar-refractivity contribution in [1.82, 2.24) is 5.32 Å². The number of esters is 1. The summed E-state index contributed by atoms with van der Waals surface area (Å²) >= 11 is 0. The first-order valence-electron chi connectivity index (χ1n) is 8.53. The number of hydrogen-bond acceptors (Lipinski definition) is 8. The Balaban J connectivity index is 2.20. The van der Waals surface area contributed by atoms with E-state index in [-0.39, 0.29) is 35.1 Å². The molecule has 0 radical (unpaired) electrons. The van der Waals surface area contributed by atoms with E-state index in [9.17, 15) is 14.4 Å². The molecule has 0 spiro atoms. The van der Waals surface area contributed by atoms with Gasteiger partial charge in [0.2, 0.25) is 0 Å². The molecule has 10 heteroatoms. The number of carbonyl (C=O) groups is 3. The summed E-state index contributed by atoms with van der Waals surface area (Å²) in [6.07, 6.45) is 1.35. The minimum atomic E-state index is -0.831. The molecule has 156 valence electrons. The van der Waals surface area contributed by atoms with E-state index in [0.29, 0.717) is 6.61 Å². The Morgan fingerprint density at radius 3 is 2.41 bits per heavy atom. The van der Waals surface area contributed by atoms with Crippen LogP contribution in [0.3, 0.4) is 0 Å². The molecule has 0 aliphatic heterocycles. The summed E-state index contributed by atoms with van der Waals surface area (Å²) < 4.78 is 25.3. The van der Waals surface area contributed by atoms with Crippen molar-refractivity contribution in [3.05, 3.63) is 41.9 Å². The first kappa shape index (κ1) is 21.8. The quantitative estimate of drug-likeness (QED) is 0.449. The Labute approximate surface area is 167 Å². The second kappa shape index (κ2) is 10.7. The normalized spacial score (nSPS) is 10.2. The van der Waals surface area contributed by atoms with Crippen molar-refractivity contribution in [3.8, 4) is 11.5 Å². The number of rotatable bonds is 10. The predicted molar refractivity (Wildman–Crippen MR) is 101 cm³/mol. The molecule has 0 atom stereocenters.